The predicted octanol–water partition coefficient (Wildman–Crippen LogP) is 3.97. The molecule has 0 aliphatic carbocycles. The smallest absolute Gasteiger partial charge is 0.258 e. The molecule has 5 rings (SSSR count). The second kappa shape index (κ2) is 12.4. The van der Waals surface area contributed by atoms with Crippen molar-refractivity contribution < 1.29 is 26.7 Å². The van der Waals surface area contributed by atoms with E-state index in [0.29, 0.717) is 35.2 Å². The van der Waals surface area contributed by atoms with Crippen molar-refractivity contribution in [1.29, 1.82) is 0 Å². The summed E-state index contributed by atoms with van der Waals surface area (Å²) in [6.45, 7) is 9.38. The van der Waals surface area contributed by atoms with Gasteiger partial charge < -0.3 is 25.2 Å². The molecule has 1 fully saturated rings. The quantitative estimate of drug-likeness (QED) is 0.307. The van der Waals surface area contributed by atoms with E-state index in [1.165, 1.54) is 0 Å². The predicted molar refractivity (Wildman–Crippen MR) is 164 cm³/mol. The van der Waals surface area contributed by atoms with E-state index in [1.807, 2.05) is 19.1 Å². The molecule has 1 amide bonds. The fraction of sp³-hybridized carbons (Fsp3) is 0.467. The highest BCUT2D eigenvalue weighted by molar-refractivity contribution is 7.89. The number of rotatable bonds is 10. The van der Waals surface area contributed by atoms with Crippen LogP contribution in [0.25, 0.3) is 0 Å². The summed E-state index contributed by atoms with van der Waals surface area (Å²) < 4.78 is 61.3. The first-order chi connectivity index (χ1) is 20.8. The lowest BCUT2D eigenvalue weighted by atomic mass is 10.0. The molecule has 2 aliphatic heterocycles. The topological polar surface area (TPSA) is 123 Å². The minimum atomic E-state index is -4.31. The van der Waals surface area contributed by atoms with E-state index in [-0.39, 0.29) is 18.4 Å². The van der Waals surface area contributed by atoms with Crippen molar-refractivity contribution in [2.24, 2.45) is 0 Å². The summed E-state index contributed by atoms with van der Waals surface area (Å²) in [6.07, 6.45) is 0.734. The molecule has 14 heteroatoms. The van der Waals surface area contributed by atoms with E-state index in [0.717, 1.165) is 54.7 Å². The lowest BCUT2D eigenvalue weighted by Gasteiger charge is -2.34. The van der Waals surface area contributed by atoms with Crippen LogP contribution < -0.4 is 15.5 Å². The van der Waals surface area contributed by atoms with Crippen LogP contribution in [0.2, 0.25) is 0 Å². The lowest BCUT2D eigenvalue weighted by Crippen LogP contribution is -2.44. The average Bonchev–Trinajstić information content (AvgIpc) is 3.49. The monoisotopic (exact) mass is 631 g/mol. The van der Waals surface area contributed by atoms with E-state index in [4.69, 9.17) is 4.74 Å². The summed E-state index contributed by atoms with van der Waals surface area (Å²) in [5.74, 6) is -2.22. The fourth-order valence-electron chi connectivity index (χ4n) is 5.70. The maximum atomic E-state index is 13.9. The van der Waals surface area contributed by atoms with Crippen LogP contribution in [0.1, 0.15) is 48.8 Å². The number of carbonyl (C=O) groups excluding carboxylic acids is 1. The number of aromatic amines is 1. The molecule has 3 N–H and O–H groups in total. The van der Waals surface area contributed by atoms with Gasteiger partial charge in [-0.05, 0) is 64.6 Å². The molecule has 44 heavy (non-hydrogen) atoms. The van der Waals surface area contributed by atoms with Crippen LogP contribution in [0, 0.1) is 11.6 Å². The molecule has 0 saturated carbocycles. The molecule has 0 bridgehead atoms. The second-order valence-corrected chi connectivity index (χ2v) is 13.8. The Labute approximate surface area is 256 Å². The number of fused-ring (bicyclic) bond motifs is 1. The van der Waals surface area contributed by atoms with Gasteiger partial charge in [-0.3, -0.25) is 9.89 Å². The zero-order valence-corrected chi connectivity index (χ0v) is 26.4. The molecule has 3 aromatic rings. The Hall–Kier alpha value is -3.59. The molecule has 1 aromatic heterocycles. The Morgan fingerprint density at radius 1 is 1.11 bits per heavy atom. The molecule has 11 nitrogen and oxygen atoms in total. The lowest BCUT2D eigenvalue weighted by molar-refractivity contribution is 0.102. The van der Waals surface area contributed by atoms with Crippen LogP contribution in [0.15, 0.2) is 41.3 Å². The van der Waals surface area contributed by atoms with Crippen molar-refractivity contribution in [2.75, 3.05) is 62.5 Å². The van der Waals surface area contributed by atoms with Crippen LogP contribution in [-0.2, 0) is 26.8 Å². The number of nitrogens with zero attached hydrogens (tertiary/aromatic N) is 4. The Balaban J connectivity index is 1.41. The number of hydrogen-bond donors (Lipinski definition) is 3. The van der Waals surface area contributed by atoms with Crippen LogP contribution in [0.5, 0.6) is 0 Å². The number of hydrogen-bond acceptors (Lipinski definition) is 8. The third-order valence-corrected chi connectivity index (χ3v) is 10.3. The number of piperazine rings is 1. The van der Waals surface area contributed by atoms with E-state index in [9.17, 15) is 22.0 Å². The van der Waals surface area contributed by atoms with Crippen molar-refractivity contribution in [3.8, 4) is 0 Å². The first-order valence-electron chi connectivity index (χ1n) is 14.5. The molecule has 0 radical (unpaired) electrons. The Morgan fingerprint density at radius 3 is 2.45 bits per heavy atom. The van der Waals surface area contributed by atoms with Gasteiger partial charge in [-0.2, -0.15) is 9.40 Å². The largest absolute Gasteiger partial charge is 0.385 e. The summed E-state index contributed by atoms with van der Waals surface area (Å²) in [4.78, 5) is 17.8. The van der Waals surface area contributed by atoms with Crippen LogP contribution in [-0.4, -0.2) is 86.7 Å². The molecule has 1 atom stereocenters. The number of nitrogens with one attached hydrogen (secondary N) is 3. The van der Waals surface area contributed by atoms with Gasteiger partial charge in [0.15, 0.2) is 5.82 Å². The standard InChI is InChI=1S/C30H39F2N7O4S/c1-19(8-13-43-5)33-26-17-22(38-11-9-37(4)10-12-38)6-7-24(26)29(40)34-28-25-18-39(30(2,3)27(25)35-36-28)44(41,42)23-15-20(31)14-21(32)16-23/h6-7,14-17,19,33H,8-13,18H2,1-5H3,(H2,34,35,36,40)/t19-/m1/s1. The SMILES string of the molecule is COCC[C@@H](C)Nc1cc(N2CCN(C)CC2)ccc1C(=O)Nc1n[nH]c2c1CN(S(=O)(=O)c1cc(F)cc(F)c1)C2(C)C. The van der Waals surface area contributed by atoms with Gasteiger partial charge in [0.25, 0.3) is 5.91 Å². The molecule has 3 heterocycles. The van der Waals surface area contributed by atoms with Crippen molar-refractivity contribution >= 4 is 33.1 Å². The van der Waals surface area contributed by atoms with Gasteiger partial charge in [0, 0.05) is 75.5 Å². The third kappa shape index (κ3) is 6.29. The summed E-state index contributed by atoms with van der Waals surface area (Å²) in [7, 11) is -0.568. The van der Waals surface area contributed by atoms with Crippen molar-refractivity contribution in [1.82, 2.24) is 19.4 Å². The average molecular weight is 632 g/mol. The number of aromatic nitrogens is 2. The van der Waals surface area contributed by atoms with Gasteiger partial charge in [0.1, 0.15) is 11.6 Å². The Morgan fingerprint density at radius 2 is 1.80 bits per heavy atom. The molecule has 2 aliphatic rings. The van der Waals surface area contributed by atoms with E-state index < -0.39 is 38.0 Å². The zero-order valence-electron chi connectivity index (χ0n) is 25.6. The van der Waals surface area contributed by atoms with Crippen LogP contribution >= 0.6 is 0 Å². The van der Waals surface area contributed by atoms with Crippen molar-refractivity contribution in [3.63, 3.8) is 0 Å². The normalized spacial score (nSPS) is 17.8. The van der Waals surface area contributed by atoms with Gasteiger partial charge >= 0.3 is 0 Å². The Kier molecular flexibility index (Phi) is 8.99. The number of sulfonamides is 1. The third-order valence-electron chi connectivity index (χ3n) is 8.33. The van der Waals surface area contributed by atoms with Gasteiger partial charge in [0.2, 0.25) is 10.0 Å². The van der Waals surface area contributed by atoms with Crippen molar-refractivity contribution in [3.05, 3.63) is 64.9 Å². The number of carbonyl (C=O) groups is 1. The summed E-state index contributed by atoms with van der Waals surface area (Å²) in [6, 6.07) is 7.90. The maximum Gasteiger partial charge on any atom is 0.258 e. The molecule has 1 saturated heterocycles. The second-order valence-electron chi connectivity index (χ2n) is 11.9. The van der Waals surface area contributed by atoms with Crippen LogP contribution in [0.4, 0.5) is 26.0 Å². The number of likely N-dealkylation sites (N-methyl/N-ethyl adjacent to an activating group) is 1. The van der Waals surface area contributed by atoms with Crippen molar-refractivity contribution in [2.45, 2.75) is 50.2 Å². The van der Waals surface area contributed by atoms with Crippen LogP contribution in [0.3, 0.4) is 0 Å². The number of benzene rings is 2. The molecule has 238 valence electrons. The fourth-order valence-corrected chi connectivity index (χ4v) is 7.47. The summed E-state index contributed by atoms with van der Waals surface area (Å²) in [5, 5.41) is 13.5. The maximum absolute atomic E-state index is 13.9. The molecular weight excluding hydrogens is 592 g/mol. The minimum absolute atomic E-state index is 0.0195. The van der Waals surface area contributed by atoms with E-state index in [1.54, 1.807) is 27.0 Å². The van der Waals surface area contributed by atoms with Gasteiger partial charge in [-0.25, -0.2) is 17.2 Å². The molecule has 0 unspecified atom stereocenters. The molecular formula is C30H39F2N7O4S. The van der Waals surface area contributed by atoms with Gasteiger partial charge in [0.05, 0.1) is 21.7 Å². The summed E-state index contributed by atoms with van der Waals surface area (Å²) in [5.41, 5.74) is 1.88. The molecule has 2 aromatic carbocycles. The number of halogens is 2. The number of methoxy groups -OCH3 is 1. The highest BCUT2D eigenvalue weighted by Gasteiger charge is 2.48. The Bertz CT molecular complexity index is 1620. The number of ether oxygens (including phenoxy) is 1. The van der Waals surface area contributed by atoms with E-state index in [2.05, 4.69) is 37.7 Å². The van der Waals surface area contributed by atoms with E-state index >= 15 is 0 Å². The highest BCUT2D eigenvalue weighted by Crippen LogP contribution is 2.44. The number of H-pyrrole nitrogens is 1. The highest BCUT2D eigenvalue weighted by atomic mass is 32.2. The van der Waals surface area contributed by atoms with Gasteiger partial charge in [-0.1, -0.05) is 0 Å². The zero-order chi connectivity index (χ0) is 31.8. The first kappa shape index (κ1) is 31.8. The first-order valence-corrected chi connectivity index (χ1v) is 16.0. The number of anilines is 3. The number of amides is 1. The molecule has 0 spiro atoms. The van der Waals surface area contributed by atoms with Gasteiger partial charge in [-0.15, -0.1) is 0 Å². The minimum Gasteiger partial charge on any atom is -0.385 e. The summed E-state index contributed by atoms with van der Waals surface area (Å²) >= 11 is 0.